The standard InChI is InChI=1S/C11H16ClN3O3S/c1-3-15(4-2)11(16)8-14-19(17,18)9-5-6-13-10(12)7-9/h5-7,14H,3-4,8H2,1-2H3. The lowest BCUT2D eigenvalue weighted by molar-refractivity contribution is -0.129. The first-order chi connectivity index (χ1) is 8.90. The zero-order chi connectivity index (χ0) is 14.5. The summed E-state index contributed by atoms with van der Waals surface area (Å²) < 4.78 is 26.1. The van der Waals surface area contributed by atoms with Crippen molar-refractivity contribution in [1.29, 1.82) is 0 Å². The van der Waals surface area contributed by atoms with Crippen molar-refractivity contribution >= 4 is 27.5 Å². The number of nitrogens with one attached hydrogen (secondary N) is 1. The van der Waals surface area contributed by atoms with Crippen LogP contribution in [0, 0.1) is 0 Å². The molecule has 0 saturated carbocycles. The molecule has 19 heavy (non-hydrogen) atoms. The molecule has 1 aromatic heterocycles. The molecule has 1 rings (SSSR count). The number of likely N-dealkylation sites (N-methyl/N-ethyl adjacent to an activating group) is 1. The van der Waals surface area contributed by atoms with Crippen molar-refractivity contribution < 1.29 is 13.2 Å². The van der Waals surface area contributed by atoms with Crippen molar-refractivity contribution in [3.05, 3.63) is 23.5 Å². The molecule has 1 amide bonds. The van der Waals surface area contributed by atoms with Crippen molar-refractivity contribution in [2.75, 3.05) is 19.6 Å². The number of rotatable bonds is 6. The third kappa shape index (κ3) is 4.45. The highest BCUT2D eigenvalue weighted by Crippen LogP contribution is 2.12. The molecule has 0 aromatic carbocycles. The lowest BCUT2D eigenvalue weighted by Crippen LogP contribution is -2.39. The Kier molecular flexibility index (Phi) is 5.71. The number of pyridine rings is 1. The Morgan fingerprint density at radius 2 is 2.05 bits per heavy atom. The minimum Gasteiger partial charge on any atom is -0.342 e. The van der Waals surface area contributed by atoms with Crippen molar-refractivity contribution in [3.8, 4) is 0 Å². The summed E-state index contributed by atoms with van der Waals surface area (Å²) in [7, 11) is -3.75. The quantitative estimate of drug-likeness (QED) is 0.791. The molecule has 0 saturated heterocycles. The minimum atomic E-state index is -3.75. The molecule has 1 heterocycles. The van der Waals surface area contributed by atoms with E-state index in [1.54, 1.807) is 4.90 Å². The highest BCUT2D eigenvalue weighted by molar-refractivity contribution is 7.89. The maximum atomic E-state index is 11.9. The lowest BCUT2D eigenvalue weighted by Gasteiger charge is -2.18. The van der Waals surface area contributed by atoms with Crippen LogP contribution >= 0.6 is 11.6 Å². The molecule has 8 heteroatoms. The molecule has 0 aliphatic carbocycles. The number of hydrogen-bond donors (Lipinski definition) is 1. The van der Waals surface area contributed by atoms with Gasteiger partial charge in [-0.1, -0.05) is 11.6 Å². The Hall–Kier alpha value is -1.18. The van der Waals surface area contributed by atoms with E-state index in [9.17, 15) is 13.2 Å². The maximum Gasteiger partial charge on any atom is 0.241 e. The lowest BCUT2D eigenvalue weighted by atomic mass is 10.4. The smallest absolute Gasteiger partial charge is 0.241 e. The van der Waals surface area contributed by atoms with Gasteiger partial charge in [-0.2, -0.15) is 0 Å². The van der Waals surface area contributed by atoms with Gasteiger partial charge in [-0.25, -0.2) is 18.1 Å². The van der Waals surface area contributed by atoms with Crippen LogP contribution in [0.2, 0.25) is 5.15 Å². The molecule has 0 aliphatic rings. The van der Waals surface area contributed by atoms with Gasteiger partial charge in [-0.15, -0.1) is 0 Å². The fourth-order valence-electron chi connectivity index (χ4n) is 1.48. The summed E-state index contributed by atoms with van der Waals surface area (Å²) in [5.74, 6) is -0.270. The van der Waals surface area contributed by atoms with Crippen molar-refractivity contribution in [1.82, 2.24) is 14.6 Å². The monoisotopic (exact) mass is 305 g/mol. The Morgan fingerprint density at radius 3 is 2.58 bits per heavy atom. The van der Waals surface area contributed by atoms with Gasteiger partial charge in [0, 0.05) is 19.3 Å². The van der Waals surface area contributed by atoms with Gasteiger partial charge in [0.25, 0.3) is 0 Å². The zero-order valence-corrected chi connectivity index (χ0v) is 12.3. The fourth-order valence-corrected chi connectivity index (χ4v) is 2.71. The fraction of sp³-hybridized carbons (Fsp3) is 0.455. The van der Waals surface area contributed by atoms with Gasteiger partial charge in [-0.3, -0.25) is 4.79 Å². The van der Waals surface area contributed by atoms with Crippen LogP contribution in [-0.2, 0) is 14.8 Å². The average Bonchev–Trinajstić information content (AvgIpc) is 2.38. The number of carbonyl (C=O) groups is 1. The minimum absolute atomic E-state index is 0.0140. The molecule has 6 nitrogen and oxygen atoms in total. The second-order valence-electron chi connectivity index (χ2n) is 3.70. The van der Waals surface area contributed by atoms with Crippen LogP contribution in [0.4, 0.5) is 0 Å². The van der Waals surface area contributed by atoms with Crippen LogP contribution in [0.25, 0.3) is 0 Å². The molecule has 0 unspecified atom stereocenters. The number of nitrogens with zero attached hydrogens (tertiary/aromatic N) is 2. The van der Waals surface area contributed by atoms with Gasteiger partial charge in [0.05, 0.1) is 11.4 Å². The van der Waals surface area contributed by atoms with E-state index >= 15 is 0 Å². The van der Waals surface area contributed by atoms with Crippen LogP contribution in [0.15, 0.2) is 23.2 Å². The van der Waals surface area contributed by atoms with E-state index < -0.39 is 10.0 Å². The first kappa shape index (κ1) is 15.9. The van der Waals surface area contributed by atoms with Gasteiger partial charge in [0.2, 0.25) is 15.9 Å². The SMILES string of the molecule is CCN(CC)C(=O)CNS(=O)(=O)c1ccnc(Cl)c1. The molecule has 0 aliphatic heterocycles. The number of carbonyl (C=O) groups excluding carboxylic acids is 1. The normalized spacial score (nSPS) is 11.3. The van der Waals surface area contributed by atoms with Crippen LogP contribution in [0.3, 0.4) is 0 Å². The second kappa shape index (κ2) is 6.83. The topological polar surface area (TPSA) is 79.4 Å². The van der Waals surface area contributed by atoms with E-state index in [0.717, 1.165) is 0 Å². The average molecular weight is 306 g/mol. The molecule has 1 aromatic rings. The third-order valence-corrected chi connectivity index (χ3v) is 4.14. The van der Waals surface area contributed by atoms with E-state index in [0.29, 0.717) is 13.1 Å². The molecule has 1 N–H and O–H groups in total. The van der Waals surface area contributed by atoms with Crippen LogP contribution in [0.1, 0.15) is 13.8 Å². The first-order valence-electron chi connectivity index (χ1n) is 5.79. The molecule has 106 valence electrons. The van der Waals surface area contributed by atoms with Crippen molar-refractivity contribution in [2.24, 2.45) is 0 Å². The zero-order valence-electron chi connectivity index (χ0n) is 10.8. The Labute approximate surface area is 117 Å². The van der Waals surface area contributed by atoms with Gasteiger partial charge >= 0.3 is 0 Å². The van der Waals surface area contributed by atoms with Crippen LogP contribution in [-0.4, -0.2) is 43.8 Å². The molecule has 0 fully saturated rings. The van der Waals surface area contributed by atoms with E-state index in [4.69, 9.17) is 11.6 Å². The van der Waals surface area contributed by atoms with E-state index in [1.165, 1.54) is 18.3 Å². The molecule has 0 bridgehead atoms. The number of aromatic nitrogens is 1. The van der Waals surface area contributed by atoms with Crippen LogP contribution < -0.4 is 4.72 Å². The number of halogens is 1. The summed E-state index contributed by atoms with van der Waals surface area (Å²) >= 11 is 5.63. The largest absolute Gasteiger partial charge is 0.342 e. The predicted octanol–water partition coefficient (Wildman–Crippen LogP) is 0.882. The molecule has 0 radical (unpaired) electrons. The summed E-state index contributed by atoms with van der Waals surface area (Å²) in [5, 5.41) is 0.0814. The molecule has 0 atom stereocenters. The third-order valence-electron chi connectivity index (χ3n) is 2.54. The number of hydrogen-bond acceptors (Lipinski definition) is 4. The van der Waals surface area contributed by atoms with Gasteiger partial charge in [-0.05, 0) is 26.0 Å². The summed E-state index contributed by atoms with van der Waals surface area (Å²) in [4.78, 5) is 16.9. The highest BCUT2D eigenvalue weighted by atomic mass is 35.5. The van der Waals surface area contributed by atoms with E-state index in [1.807, 2.05) is 13.8 Å². The van der Waals surface area contributed by atoms with Crippen LogP contribution in [0.5, 0.6) is 0 Å². The highest BCUT2D eigenvalue weighted by Gasteiger charge is 2.17. The van der Waals surface area contributed by atoms with Gasteiger partial charge in [0.1, 0.15) is 5.15 Å². The second-order valence-corrected chi connectivity index (χ2v) is 5.86. The number of amides is 1. The summed E-state index contributed by atoms with van der Waals surface area (Å²) in [6.07, 6.45) is 1.29. The van der Waals surface area contributed by atoms with Crippen molar-refractivity contribution in [2.45, 2.75) is 18.7 Å². The maximum absolute atomic E-state index is 11.9. The molecular formula is C11H16ClN3O3S. The first-order valence-corrected chi connectivity index (χ1v) is 7.65. The van der Waals surface area contributed by atoms with E-state index in [2.05, 4.69) is 9.71 Å². The molecule has 0 spiro atoms. The van der Waals surface area contributed by atoms with E-state index in [-0.39, 0.29) is 22.5 Å². The summed E-state index contributed by atoms with van der Waals surface area (Å²) in [6, 6.07) is 2.54. The number of sulfonamides is 1. The van der Waals surface area contributed by atoms with Crippen molar-refractivity contribution in [3.63, 3.8) is 0 Å². The Balaban J connectivity index is 2.74. The predicted molar refractivity (Wildman–Crippen MR) is 72.4 cm³/mol. The summed E-state index contributed by atoms with van der Waals surface area (Å²) in [5.41, 5.74) is 0. The molecular weight excluding hydrogens is 290 g/mol. The summed E-state index contributed by atoms with van der Waals surface area (Å²) in [6.45, 7) is 4.47. The van der Waals surface area contributed by atoms with Gasteiger partial charge in [0.15, 0.2) is 0 Å². The Bertz CT molecular complexity index is 544. The van der Waals surface area contributed by atoms with Gasteiger partial charge < -0.3 is 4.90 Å². The Morgan fingerprint density at radius 1 is 1.42 bits per heavy atom.